The van der Waals surface area contributed by atoms with E-state index in [2.05, 4.69) is 34.2 Å². The molecule has 0 bridgehead atoms. The molecule has 4 nitrogen and oxygen atoms in total. The third-order valence-electron chi connectivity index (χ3n) is 3.03. The molecule has 1 aromatic carbocycles. The van der Waals surface area contributed by atoms with Crippen molar-refractivity contribution in [2.24, 2.45) is 0 Å². The van der Waals surface area contributed by atoms with Gasteiger partial charge < -0.3 is 19.2 Å². The van der Waals surface area contributed by atoms with Crippen LogP contribution in [0.3, 0.4) is 0 Å². The zero-order valence-corrected chi connectivity index (χ0v) is 14.6. The van der Waals surface area contributed by atoms with Crippen LogP contribution in [0.15, 0.2) is 39.4 Å². The summed E-state index contributed by atoms with van der Waals surface area (Å²) < 4.78 is 17.7. The minimum Gasteiger partial charge on any atom is -0.490 e. The van der Waals surface area contributed by atoms with E-state index in [1.807, 2.05) is 25.1 Å². The number of hydrogen-bond acceptors (Lipinski definition) is 4. The van der Waals surface area contributed by atoms with Crippen molar-refractivity contribution in [2.75, 3.05) is 13.2 Å². The van der Waals surface area contributed by atoms with Gasteiger partial charge in [0, 0.05) is 6.54 Å². The summed E-state index contributed by atoms with van der Waals surface area (Å²) in [5.74, 6) is 2.48. The van der Waals surface area contributed by atoms with Crippen molar-refractivity contribution in [3.63, 3.8) is 0 Å². The normalized spacial score (nSPS) is 10.7. The Morgan fingerprint density at radius 2 is 2.05 bits per heavy atom. The molecule has 0 aliphatic carbocycles. The van der Waals surface area contributed by atoms with Crippen LogP contribution in [0.5, 0.6) is 11.5 Å². The fourth-order valence-electron chi connectivity index (χ4n) is 2.07. The quantitative estimate of drug-likeness (QED) is 0.707. The van der Waals surface area contributed by atoms with Crippen LogP contribution in [0.2, 0.25) is 0 Å². The van der Waals surface area contributed by atoms with Gasteiger partial charge in [0.25, 0.3) is 0 Å². The van der Waals surface area contributed by atoms with E-state index in [-0.39, 0.29) is 0 Å². The van der Waals surface area contributed by atoms with E-state index in [4.69, 9.17) is 13.9 Å². The molecule has 0 aliphatic heterocycles. The van der Waals surface area contributed by atoms with Crippen molar-refractivity contribution in [1.82, 2.24) is 5.32 Å². The summed E-state index contributed by atoms with van der Waals surface area (Å²) in [6, 6.07) is 7.92. The number of nitrogens with one attached hydrogen (secondary N) is 1. The Balaban J connectivity index is 2.04. The second-order valence-electron chi connectivity index (χ2n) is 4.87. The minimum atomic E-state index is 0.609. The number of furan rings is 1. The third-order valence-corrected chi connectivity index (χ3v) is 3.62. The summed E-state index contributed by atoms with van der Waals surface area (Å²) in [5.41, 5.74) is 1.13. The molecule has 2 aromatic rings. The predicted octanol–water partition coefficient (Wildman–Crippen LogP) is 4.52. The Morgan fingerprint density at radius 3 is 2.73 bits per heavy atom. The Kier molecular flexibility index (Phi) is 6.80. The number of halogens is 1. The van der Waals surface area contributed by atoms with Gasteiger partial charge in [0.2, 0.25) is 0 Å². The van der Waals surface area contributed by atoms with Gasteiger partial charge in [0.1, 0.15) is 5.76 Å². The van der Waals surface area contributed by atoms with Gasteiger partial charge in [0.15, 0.2) is 11.5 Å². The van der Waals surface area contributed by atoms with Gasteiger partial charge in [-0.1, -0.05) is 6.92 Å². The minimum absolute atomic E-state index is 0.609. The lowest BCUT2D eigenvalue weighted by Crippen LogP contribution is -2.12. The molecule has 0 unspecified atom stereocenters. The molecule has 0 saturated carbocycles. The van der Waals surface area contributed by atoms with Crippen LogP contribution in [-0.2, 0) is 13.1 Å². The molecule has 1 heterocycles. The van der Waals surface area contributed by atoms with Crippen LogP contribution in [0.4, 0.5) is 0 Å². The van der Waals surface area contributed by atoms with Gasteiger partial charge in [-0.05, 0) is 59.1 Å². The molecule has 0 fully saturated rings. The fraction of sp³-hybridized carbons (Fsp3) is 0.412. The second kappa shape index (κ2) is 8.86. The van der Waals surface area contributed by atoms with Gasteiger partial charge in [-0.3, -0.25) is 0 Å². The van der Waals surface area contributed by atoms with Crippen LogP contribution >= 0.6 is 15.9 Å². The SMILES string of the molecule is CCCOc1c(Br)cc(CNCc2ccco2)cc1OCC. The van der Waals surface area contributed by atoms with Crippen molar-refractivity contribution < 1.29 is 13.9 Å². The first-order valence-electron chi connectivity index (χ1n) is 7.55. The maximum absolute atomic E-state index is 5.78. The molecule has 0 amide bonds. The highest BCUT2D eigenvalue weighted by molar-refractivity contribution is 9.10. The largest absolute Gasteiger partial charge is 0.490 e. The average Bonchev–Trinajstić information content (AvgIpc) is 3.00. The summed E-state index contributed by atoms with van der Waals surface area (Å²) in [5, 5.41) is 3.35. The molecule has 0 saturated heterocycles. The Hall–Kier alpha value is -1.46. The topological polar surface area (TPSA) is 43.6 Å². The average molecular weight is 368 g/mol. The highest BCUT2D eigenvalue weighted by atomic mass is 79.9. The zero-order valence-electron chi connectivity index (χ0n) is 13.0. The molecule has 0 radical (unpaired) electrons. The van der Waals surface area contributed by atoms with E-state index in [1.54, 1.807) is 6.26 Å². The van der Waals surface area contributed by atoms with Crippen LogP contribution in [-0.4, -0.2) is 13.2 Å². The second-order valence-corrected chi connectivity index (χ2v) is 5.72. The van der Waals surface area contributed by atoms with Crippen LogP contribution in [0.1, 0.15) is 31.6 Å². The maximum atomic E-state index is 5.78. The first-order valence-corrected chi connectivity index (χ1v) is 8.35. The molecule has 0 atom stereocenters. The van der Waals surface area contributed by atoms with E-state index in [0.29, 0.717) is 19.8 Å². The van der Waals surface area contributed by atoms with E-state index in [1.165, 1.54) is 0 Å². The maximum Gasteiger partial charge on any atom is 0.175 e. The number of rotatable bonds is 9. The summed E-state index contributed by atoms with van der Waals surface area (Å²) in [6.45, 7) is 6.77. The first kappa shape index (κ1) is 16.9. The molecular formula is C17H22BrNO3. The van der Waals surface area contributed by atoms with E-state index in [9.17, 15) is 0 Å². The van der Waals surface area contributed by atoms with Crippen molar-refractivity contribution in [2.45, 2.75) is 33.4 Å². The lowest BCUT2D eigenvalue weighted by molar-refractivity contribution is 0.275. The molecule has 0 aliphatic rings. The highest BCUT2D eigenvalue weighted by Gasteiger charge is 2.12. The lowest BCUT2D eigenvalue weighted by atomic mass is 10.2. The van der Waals surface area contributed by atoms with Crippen LogP contribution in [0, 0.1) is 0 Å². The Bertz CT molecular complexity index is 570. The van der Waals surface area contributed by atoms with E-state index >= 15 is 0 Å². The molecule has 1 aromatic heterocycles. The van der Waals surface area contributed by atoms with Crippen molar-refractivity contribution >= 4 is 15.9 Å². The lowest BCUT2D eigenvalue weighted by Gasteiger charge is -2.15. The smallest absolute Gasteiger partial charge is 0.175 e. The van der Waals surface area contributed by atoms with E-state index < -0.39 is 0 Å². The van der Waals surface area contributed by atoms with Gasteiger partial charge in [-0.15, -0.1) is 0 Å². The summed E-state index contributed by atoms with van der Waals surface area (Å²) in [4.78, 5) is 0. The van der Waals surface area contributed by atoms with E-state index in [0.717, 1.165) is 40.3 Å². The van der Waals surface area contributed by atoms with Gasteiger partial charge >= 0.3 is 0 Å². The molecule has 5 heteroatoms. The van der Waals surface area contributed by atoms with Gasteiger partial charge in [-0.25, -0.2) is 0 Å². The van der Waals surface area contributed by atoms with Crippen molar-refractivity contribution in [1.29, 1.82) is 0 Å². The summed E-state index contributed by atoms with van der Waals surface area (Å²) >= 11 is 3.58. The Labute approximate surface area is 139 Å². The van der Waals surface area contributed by atoms with Crippen molar-refractivity contribution in [3.05, 3.63) is 46.3 Å². The summed E-state index contributed by atoms with van der Waals surface area (Å²) in [7, 11) is 0. The molecule has 120 valence electrons. The Morgan fingerprint density at radius 1 is 1.18 bits per heavy atom. The number of benzene rings is 1. The van der Waals surface area contributed by atoms with Gasteiger partial charge in [0.05, 0.1) is 30.5 Å². The fourth-order valence-corrected chi connectivity index (χ4v) is 2.68. The third kappa shape index (κ3) is 4.78. The summed E-state index contributed by atoms with van der Waals surface area (Å²) in [6.07, 6.45) is 2.64. The molecule has 22 heavy (non-hydrogen) atoms. The standard InChI is InChI=1S/C17H22BrNO3/c1-3-7-22-17-15(18)9-13(10-16(17)20-4-2)11-19-12-14-6-5-8-21-14/h5-6,8-10,19H,3-4,7,11-12H2,1-2H3. The van der Waals surface area contributed by atoms with Crippen LogP contribution in [0.25, 0.3) is 0 Å². The van der Waals surface area contributed by atoms with Crippen LogP contribution < -0.4 is 14.8 Å². The van der Waals surface area contributed by atoms with Gasteiger partial charge in [-0.2, -0.15) is 0 Å². The predicted molar refractivity (Wildman–Crippen MR) is 90.3 cm³/mol. The zero-order chi connectivity index (χ0) is 15.8. The monoisotopic (exact) mass is 367 g/mol. The number of ether oxygens (including phenoxy) is 2. The van der Waals surface area contributed by atoms with Crippen molar-refractivity contribution in [3.8, 4) is 11.5 Å². The molecule has 0 spiro atoms. The molecule has 1 N–H and O–H groups in total. The molecule has 2 rings (SSSR count). The molecular weight excluding hydrogens is 346 g/mol. The number of hydrogen-bond donors (Lipinski definition) is 1. The highest BCUT2D eigenvalue weighted by Crippen LogP contribution is 2.37. The first-order chi connectivity index (χ1) is 10.7.